The van der Waals surface area contributed by atoms with E-state index in [1.165, 1.54) is 0 Å². The van der Waals surface area contributed by atoms with Gasteiger partial charge in [0.25, 0.3) is 5.09 Å². The minimum atomic E-state index is -1.67. The molecule has 0 aliphatic heterocycles. The van der Waals surface area contributed by atoms with Crippen molar-refractivity contribution in [2.45, 2.75) is 0 Å². The number of rotatable bonds is 3. The molecule has 0 aliphatic rings. The van der Waals surface area contributed by atoms with E-state index in [9.17, 15) is 0 Å². The Kier molecular flexibility index (Phi) is 8.19. The molecular weight excluding hydrogens is 393 g/mol. The molecule has 0 saturated carbocycles. The summed E-state index contributed by atoms with van der Waals surface area (Å²) in [5, 5.41) is 30.4. The number of nitrogens with zero attached hydrogens (tertiary/aromatic N) is 1. The molecule has 78 valence electrons. The maximum atomic E-state index is 8.40. The third kappa shape index (κ3) is 11.2. The standard InChI is InChI=1S/C6H5.BH2O3.Hg.HNO3/c1-2-4-6-5-3-1;2-1(3)4;;2-1(3)4/h1-5H;2-3H;;(H,2,3,4)/q;-1;+1;. The third-order valence-corrected chi connectivity index (χ3v) is 6.18. The van der Waals surface area contributed by atoms with Crippen LogP contribution in [0.2, 0.25) is 0 Å². The zero-order valence-electron chi connectivity index (χ0n) is 7.68. The van der Waals surface area contributed by atoms with Crippen LogP contribution < -0.4 is 3.07 Å². The second-order valence-corrected chi connectivity index (χ2v) is 7.95. The van der Waals surface area contributed by atoms with E-state index in [4.69, 9.17) is 27.9 Å². The van der Waals surface area contributed by atoms with Gasteiger partial charge < -0.3 is 5.21 Å². The summed E-state index contributed by atoms with van der Waals surface area (Å²) >= 11 is -1.67. The van der Waals surface area contributed by atoms with Crippen LogP contribution in [0.4, 0.5) is 0 Å². The molecule has 0 aromatic heterocycles. The fraction of sp³-hybridized carbons (Fsp3) is 0. The zero-order valence-corrected chi connectivity index (χ0v) is 13.2. The Hall–Kier alpha value is -0.700. The molecule has 3 N–H and O–H groups in total. The first kappa shape index (κ1) is 14.3. The quantitative estimate of drug-likeness (QED) is 0.338. The molecule has 0 unspecified atom stereocenters. The molecule has 0 atom stereocenters. The topological polar surface area (TPSA) is 113 Å². The molecule has 0 fully saturated rings. The first-order chi connectivity index (χ1) is 7.02. The summed E-state index contributed by atoms with van der Waals surface area (Å²) in [6, 6.07) is 9.66. The van der Waals surface area contributed by atoms with Crippen molar-refractivity contribution < 1.29 is 47.9 Å². The maximum absolute atomic E-state index is 8.40. The first-order valence-corrected chi connectivity index (χ1v) is 8.86. The molecule has 9 heteroatoms. The fourth-order valence-corrected chi connectivity index (χ4v) is 3.88. The Balaban J connectivity index is 0.000000423. The van der Waals surface area contributed by atoms with E-state index >= 15 is 0 Å². The number of hydrogen-bond donors (Lipinski definition) is 3. The van der Waals surface area contributed by atoms with Gasteiger partial charge in [0.15, 0.2) is 0 Å². The fourth-order valence-electron chi connectivity index (χ4n) is 0.745. The molecule has 1 aromatic rings. The summed E-state index contributed by atoms with van der Waals surface area (Å²) in [6.45, 7) is 0. The normalized spacial score (nSPS) is 8.13. The van der Waals surface area contributed by atoms with Crippen LogP contribution in [-0.4, -0.2) is 27.7 Å². The van der Waals surface area contributed by atoms with Gasteiger partial charge in [-0.05, 0) is 0 Å². The predicted molar refractivity (Wildman–Crippen MR) is 46.1 cm³/mol. The second-order valence-electron chi connectivity index (χ2n) is 2.36. The van der Waals surface area contributed by atoms with Gasteiger partial charge in [-0.3, -0.25) is 0 Å². The molecule has 0 amide bonds. The second kappa shape index (κ2) is 8.60. The summed E-state index contributed by atoms with van der Waals surface area (Å²) in [7, 11) is -1.59. The van der Waals surface area contributed by atoms with E-state index in [2.05, 4.69) is 0 Å². The van der Waals surface area contributed by atoms with Crippen LogP contribution in [0.15, 0.2) is 30.3 Å². The van der Waals surface area contributed by atoms with Crippen LogP contribution in [0, 0.1) is 10.1 Å². The van der Waals surface area contributed by atoms with Gasteiger partial charge in [-0.1, -0.05) is 0 Å². The Bertz CT molecular complexity index is 280. The van der Waals surface area contributed by atoms with Crippen molar-refractivity contribution in [2.24, 2.45) is 0 Å². The minimum absolute atomic E-state index is 1.14. The van der Waals surface area contributed by atoms with Crippen molar-refractivity contribution in [3.05, 3.63) is 40.4 Å². The van der Waals surface area contributed by atoms with E-state index in [1.54, 1.807) is 0 Å². The number of benzene rings is 1. The molecule has 0 heterocycles. The van der Waals surface area contributed by atoms with Gasteiger partial charge in [-0.15, -0.1) is 10.1 Å². The summed E-state index contributed by atoms with van der Waals surface area (Å²) < 4.78 is 5.90. The monoisotopic (exact) mass is 403 g/mol. The van der Waals surface area contributed by atoms with Gasteiger partial charge in [0, 0.05) is 0 Å². The molecule has 0 aliphatic carbocycles. The van der Waals surface area contributed by atoms with Gasteiger partial charge in [-0.2, -0.15) is 0 Å². The van der Waals surface area contributed by atoms with Crippen molar-refractivity contribution in [1.82, 2.24) is 0 Å². The summed E-state index contributed by atoms with van der Waals surface area (Å²) in [4.78, 5) is 8.36. The summed E-state index contributed by atoms with van der Waals surface area (Å²) in [5.41, 5.74) is 0. The molecule has 1 aromatic carbocycles. The van der Waals surface area contributed by atoms with E-state index in [0.717, 1.165) is 3.07 Å². The Morgan fingerprint density at radius 2 is 1.80 bits per heavy atom. The third-order valence-electron chi connectivity index (χ3n) is 1.24. The molecule has 0 spiro atoms. The predicted octanol–water partition coefficient (Wildman–Crippen LogP) is -1.05. The van der Waals surface area contributed by atoms with Gasteiger partial charge >= 0.3 is 78.4 Å². The van der Waals surface area contributed by atoms with E-state index in [-0.39, 0.29) is 0 Å². The zero-order chi connectivity index (χ0) is 11.7. The van der Waals surface area contributed by atoms with E-state index in [1.807, 2.05) is 30.3 Å². The van der Waals surface area contributed by atoms with Crippen LogP contribution in [-0.2, 0) is 27.6 Å². The Labute approximate surface area is 98.7 Å². The van der Waals surface area contributed by atoms with Gasteiger partial charge in [-0.25, -0.2) is 0 Å². The summed E-state index contributed by atoms with van der Waals surface area (Å²) in [5.74, 6) is 0. The van der Waals surface area contributed by atoms with Crippen molar-refractivity contribution in [3.63, 3.8) is 0 Å². The molecule has 1 rings (SSSR count). The Morgan fingerprint density at radius 1 is 1.33 bits per heavy atom. The van der Waals surface area contributed by atoms with Crippen molar-refractivity contribution in [2.75, 3.05) is 0 Å². The van der Waals surface area contributed by atoms with Crippen molar-refractivity contribution >= 4 is 10.4 Å². The van der Waals surface area contributed by atoms with Gasteiger partial charge in [0.05, 0.1) is 0 Å². The molecule has 0 radical (unpaired) electrons. The van der Waals surface area contributed by atoms with Crippen LogP contribution in [0.3, 0.4) is 0 Å². The van der Waals surface area contributed by atoms with Crippen LogP contribution in [0.1, 0.15) is 0 Å². The van der Waals surface area contributed by atoms with E-state index < -0.39 is 37.4 Å². The molecule has 0 saturated heterocycles. The van der Waals surface area contributed by atoms with Gasteiger partial charge in [0.1, 0.15) is 0 Å². The molecular formula is C6H8BHgNO6. The van der Waals surface area contributed by atoms with Crippen LogP contribution >= 0.6 is 0 Å². The van der Waals surface area contributed by atoms with Gasteiger partial charge in [0.2, 0.25) is 0 Å². The van der Waals surface area contributed by atoms with Crippen molar-refractivity contribution in [1.29, 1.82) is 0 Å². The van der Waals surface area contributed by atoms with E-state index in [0.29, 0.717) is 0 Å². The number of hydrogen-bond acceptors (Lipinski definition) is 5. The summed E-state index contributed by atoms with van der Waals surface area (Å²) in [6.07, 6.45) is 0. The van der Waals surface area contributed by atoms with Crippen LogP contribution in [0.5, 0.6) is 0 Å². The average molecular weight is 402 g/mol. The Morgan fingerprint density at radius 3 is 2.20 bits per heavy atom. The SMILES string of the molecule is O=[N+]([O-])O.OB(O)[O][Hg][c]1ccccc1. The van der Waals surface area contributed by atoms with Crippen molar-refractivity contribution in [3.8, 4) is 0 Å². The first-order valence-electron chi connectivity index (χ1n) is 3.87. The molecule has 0 bridgehead atoms. The molecule has 15 heavy (non-hydrogen) atoms. The molecule has 7 nitrogen and oxygen atoms in total. The van der Waals surface area contributed by atoms with Crippen LogP contribution in [0.25, 0.3) is 0 Å². The average Bonchev–Trinajstić information content (AvgIpc) is 2.15.